The number of hydrogen-bond acceptors (Lipinski definition) is 3. The fraction of sp³-hybridized carbons (Fsp3) is 0.700. The largest absolute Gasteiger partial charge is 0.353 e. The zero-order valence-corrected chi connectivity index (χ0v) is 14.8. The molecule has 1 saturated heterocycles. The Morgan fingerprint density at radius 2 is 1.83 bits per heavy atom. The molecule has 0 spiro atoms. The first-order valence-corrected chi connectivity index (χ1v) is 9.70. The Morgan fingerprint density at radius 3 is 2.54 bits per heavy atom. The van der Waals surface area contributed by atoms with E-state index in [9.17, 15) is 4.79 Å². The summed E-state index contributed by atoms with van der Waals surface area (Å²) in [6, 6.07) is 4.58. The van der Waals surface area contributed by atoms with E-state index in [4.69, 9.17) is 0 Å². The summed E-state index contributed by atoms with van der Waals surface area (Å²) in [5, 5.41) is 3.26. The van der Waals surface area contributed by atoms with Crippen molar-refractivity contribution in [2.24, 2.45) is 5.92 Å². The Balaban J connectivity index is 1.29. The third-order valence-corrected chi connectivity index (χ3v) is 5.67. The van der Waals surface area contributed by atoms with Crippen LogP contribution in [0.4, 0.5) is 0 Å². The zero-order valence-electron chi connectivity index (χ0n) is 14.8. The summed E-state index contributed by atoms with van der Waals surface area (Å²) in [5.74, 6) is 1.09. The maximum Gasteiger partial charge on any atom is 0.220 e. The maximum atomic E-state index is 12.1. The molecule has 1 aromatic rings. The molecule has 2 heterocycles. The second-order valence-corrected chi connectivity index (χ2v) is 7.48. The van der Waals surface area contributed by atoms with Crippen molar-refractivity contribution < 1.29 is 4.79 Å². The molecule has 1 aliphatic carbocycles. The number of piperidine rings is 1. The van der Waals surface area contributed by atoms with Gasteiger partial charge in [0.05, 0.1) is 0 Å². The van der Waals surface area contributed by atoms with Crippen molar-refractivity contribution in [3.63, 3.8) is 0 Å². The van der Waals surface area contributed by atoms with Gasteiger partial charge in [0.25, 0.3) is 0 Å². The summed E-state index contributed by atoms with van der Waals surface area (Å²) >= 11 is 0. The van der Waals surface area contributed by atoms with Crippen LogP contribution < -0.4 is 5.32 Å². The number of pyridine rings is 1. The molecule has 0 unspecified atom stereocenters. The second kappa shape index (κ2) is 9.16. The molecule has 0 aromatic carbocycles. The van der Waals surface area contributed by atoms with Crippen molar-refractivity contribution in [1.82, 2.24) is 15.2 Å². The van der Waals surface area contributed by atoms with Gasteiger partial charge < -0.3 is 10.2 Å². The molecule has 1 saturated carbocycles. The van der Waals surface area contributed by atoms with Crippen molar-refractivity contribution in [2.75, 3.05) is 19.6 Å². The molecule has 2 aliphatic rings. The standard InChI is InChI=1S/C20H31N3O/c24-20(6-5-17-3-1-2-4-17)22-19-10-15-23(16-11-19)14-9-18-7-12-21-13-8-18/h7-8,12-13,17,19H,1-6,9-11,14-16H2,(H,22,24). The third-order valence-electron chi connectivity index (χ3n) is 5.67. The van der Waals surface area contributed by atoms with Crippen molar-refractivity contribution in [3.8, 4) is 0 Å². The van der Waals surface area contributed by atoms with Crippen LogP contribution in [0.15, 0.2) is 24.5 Å². The van der Waals surface area contributed by atoms with E-state index < -0.39 is 0 Å². The van der Waals surface area contributed by atoms with Gasteiger partial charge in [-0.1, -0.05) is 25.7 Å². The molecule has 1 aromatic heterocycles. The van der Waals surface area contributed by atoms with E-state index in [0.29, 0.717) is 6.04 Å². The Kier molecular flexibility index (Phi) is 6.65. The SMILES string of the molecule is O=C(CCC1CCCC1)NC1CCN(CCc2ccncc2)CC1. The minimum atomic E-state index is 0.275. The van der Waals surface area contributed by atoms with Crippen LogP contribution >= 0.6 is 0 Å². The number of carbonyl (C=O) groups is 1. The number of hydrogen-bond donors (Lipinski definition) is 1. The average molecular weight is 329 g/mol. The normalized spacial score (nSPS) is 20.3. The highest BCUT2D eigenvalue weighted by molar-refractivity contribution is 5.76. The lowest BCUT2D eigenvalue weighted by Crippen LogP contribution is -2.45. The van der Waals surface area contributed by atoms with Gasteiger partial charge in [0, 0.05) is 44.5 Å². The fourth-order valence-electron chi connectivity index (χ4n) is 4.07. The minimum absolute atomic E-state index is 0.275. The van der Waals surface area contributed by atoms with Gasteiger partial charge in [-0.2, -0.15) is 0 Å². The number of rotatable bonds is 7. The summed E-state index contributed by atoms with van der Waals surface area (Å²) in [7, 11) is 0. The molecular weight excluding hydrogens is 298 g/mol. The van der Waals surface area contributed by atoms with E-state index in [1.54, 1.807) is 0 Å². The van der Waals surface area contributed by atoms with E-state index in [0.717, 1.165) is 57.7 Å². The van der Waals surface area contributed by atoms with Crippen LogP contribution in [0.1, 0.15) is 56.9 Å². The molecule has 1 amide bonds. The number of amides is 1. The summed E-state index contributed by atoms with van der Waals surface area (Å²) < 4.78 is 0. The minimum Gasteiger partial charge on any atom is -0.353 e. The van der Waals surface area contributed by atoms with Crippen LogP contribution in [0.2, 0.25) is 0 Å². The van der Waals surface area contributed by atoms with Crippen molar-refractivity contribution in [3.05, 3.63) is 30.1 Å². The molecule has 0 atom stereocenters. The number of aromatic nitrogens is 1. The van der Waals surface area contributed by atoms with E-state index in [2.05, 4.69) is 27.3 Å². The lowest BCUT2D eigenvalue weighted by molar-refractivity contribution is -0.122. The molecule has 3 rings (SSSR count). The van der Waals surface area contributed by atoms with Crippen LogP contribution in [0.5, 0.6) is 0 Å². The summed E-state index contributed by atoms with van der Waals surface area (Å²) in [6.45, 7) is 3.30. The van der Waals surface area contributed by atoms with Crippen LogP contribution in [0.25, 0.3) is 0 Å². The smallest absolute Gasteiger partial charge is 0.220 e. The van der Waals surface area contributed by atoms with Crippen LogP contribution in [-0.2, 0) is 11.2 Å². The number of nitrogens with zero attached hydrogens (tertiary/aromatic N) is 2. The Morgan fingerprint density at radius 1 is 1.12 bits per heavy atom. The molecule has 1 N–H and O–H groups in total. The predicted molar refractivity (Wildman–Crippen MR) is 96.7 cm³/mol. The summed E-state index contributed by atoms with van der Waals surface area (Å²) in [4.78, 5) is 18.7. The first-order chi connectivity index (χ1) is 11.8. The number of likely N-dealkylation sites (tertiary alicyclic amines) is 1. The van der Waals surface area contributed by atoms with Crippen LogP contribution in [0.3, 0.4) is 0 Å². The summed E-state index contributed by atoms with van der Waals surface area (Å²) in [5.41, 5.74) is 1.35. The molecule has 24 heavy (non-hydrogen) atoms. The van der Waals surface area contributed by atoms with Crippen molar-refractivity contribution in [2.45, 2.75) is 63.8 Å². The zero-order chi connectivity index (χ0) is 16.6. The van der Waals surface area contributed by atoms with E-state index in [1.165, 1.54) is 31.2 Å². The average Bonchev–Trinajstić information content (AvgIpc) is 3.14. The highest BCUT2D eigenvalue weighted by Crippen LogP contribution is 2.28. The Labute approximate surface area is 146 Å². The molecule has 0 bridgehead atoms. The summed E-state index contributed by atoms with van der Waals surface area (Å²) in [6.07, 6.45) is 14.2. The maximum absolute atomic E-state index is 12.1. The lowest BCUT2D eigenvalue weighted by Gasteiger charge is -2.32. The van der Waals surface area contributed by atoms with Crippen LogP contribution in [0, 0.1) is 5.92 Å². The predicted octanol–water partition coefficient (Wildman–Crippen LogP) is 3.18. The van der Waals surface area contributed by atoms with E-state index in [-0.39, 0.29) is 5.91 Å². The molecule has 2 fully saturated rings. The van der Waals surface area contributed by atoms with Gasteiger partial charge in [0.2, 0.25) is 5.91 Å². The van der Waals surface area contributed by atoms with Gasteiger partial charge in [-0.05, 0) is 49.3 Å². The second-order valence-electron chi connectivity index (χ2n) is 7.48. The Hall–Kier alpha value is -1.42. The topological polar surface area (TPSA) is 45.2 Å². The lowest BCUT2D eigenvalue weighted by atomic mass is 10.0. The monoisotopic (exact) mass is 329 g/mol. The van der Waals surface area contributed by atoms with Gasteiger partial charge in [-0.3, -0.25) is 9.78 Å². The molecule has 0 radical (unpaired) electrons. The van der Waals surface area contributed by atoms with E-state index in [1.807, 2.05) is 12.4 Å². The molecule has 4 heteroatoms. The number of nitrogens with one attached hydrogen (secondary N) is 1. The molecule has 1 aliphatic heterocycles. The van der Waals surface area contributed by atoms with Gasteiger partial charge in [0.15, 0.2) is 0 Å². The van der Waals surface area contributed by atoms with Crippen molar-refractivity contribution in [1.29, 1.82) is 0 Å². The van der Waals surface area contributed by atoms with E-state index >= 15 is 0 Å². The molecule has 4 nitrogen and oxygen atoms in total. The highest BCUT2D eigenvalue weighted by Gasteiger charge is 2.21. The molecule has 132 valence electrons. The van der Waals surface area contributed by atoms with Crippen molar-refractivity contribution >= 4 is 5.91 Å². The highest BCUT2D eigenvalue weighted by atomic mass is 16.1. The molecular formula is C20H31N3O. The first kappa shape index (κ1) is 17.4. The quantitative estimate of drug-likeness (QED) is 0.836. The van der Waals surface area contributed by atoms with Gasteiger partial charge >= 0.3 is 0 Å². The first-order valence-electron chi connectivity index (χ1n) is 9.70. The van der Waals surface area contributed by atoms with Gasteiger partial charge in [-0.25, -0.2) is 0 Å². The van der Waals surface area contributed by atoms with Gasteiger partial charge in [-0.15, -0.1) is 0 Å². The number of carbonyl (C=O) groups excluding carboxylic acids is 1. The Bertz CT molecular complexity index is 491. The fourth-order valence-corrected chi connectivity index (χ4v) is 4.07. The third kappa shape index (κ3) is 5.59. The van der Waals surface area contributed by atoms with Gasteiger partial charge in [0.1, 0.15) is 0 Å². The van der Waals surface area contributed by atoms with Crippen LogP contribution in [-0.4, -0.2) is 41.5 Å².